The molecule has 0 aliphatic carbocycles. The first-order valence-electron chi connectivity index (χ1n) is 5.82. The second-order valence-corrected chi connectivity index (χ2v) is 4.20. The Morgan fingerprint density at radius 1 is 1.38 bits per heavy atom. The van der Waals surface area contributed by atoms with E-state index in [1.165, 1.54) is 10.7 Å². The van der Waals surface area contributed by atoms with Crippen LogP contribution in [0.3, 0.4) is 0 Å². The maximum atomic E-state index is 11.9. The van der Waals surface area contributed by atoms with Crippen molar-refractivity contribution in [1.82, 2.24) is 24.9 Å². The van der Waals surface area contributed by atoms with Gasteiger partial charge in [0.1, 0.15) is 6.04 Å². The molecule has 21 heavy (non-hydrogen) atoms. The van der Waals surface area contributed by atoms with Crippen molar-refractivity contribution in [2.75, 3.05) is 0 Å². The van der Waals surface area contributed by atoms with Crippen molar-refractivity contribution in [3.05, 3.63) is 23.8 Å². The van der Waals surface area contributed by atoms with Crippen LogP contribution in [0.1, 0.15) is 22.7 Å². The van der Waals surface area contributed by atoms with Gasteiger partial charge in [-0.15, -0.1) is 5.10 Å². The predicted octanol–water partition coefficient (Wildman–Crippen LogP) is -0.910. The number of nitrogens with zero attached hydrogens (tertiary/aromatic N) is 4. The van der Waals surface area contributed by atoms with E-state index in [4.69, 9.17) is 10.2 Å². The van der Waals surface area contributed by atoms with E-state index in [1.54, 1.807) is 13.0 Å². The first kappa shape index (κ1) is 14.4. The molecule has 0 bridgehead atoms. The van der Waals surface area contributed by atoms with E-state index in [2.05, 4.69) is 20.4 Å². The number of rotatable bonds is 5. The Kier molecular flexibility index (Phi) is 3.78. The summed E-state index contributed by atoms with van der Waals surface area (Å²) in [5.41, 5.74) is 0.687. The highest BCUT2D eigenvalue weighted by molar-refractivity contribution is 5.94. The summed E-state index contributed by atoms with van der Waals surface area (Å²) in [7, 11) is 0. The molecule has 2 rings (SSSR count). The Labute approximate surface area is 117 Å². The molecule has 0 aliphatic heterocycles. The number of carboxylic acid groups (broad SMARTS) is 2. The van der Waals surface area contributed by atoms with Gasteiger partial charge in [0.25, 0.3) is 11.7 Å². The molecule has 1 amide bonds. The lowest BCUT2D eigenvalue weighted by Gasteiger charge is -2.10. The van der Waals surface area contributed by atoms with Crippen LogP contribution in [0, 0.1) is 6.92 Å². The van der Waals surface area contributed by atoms with Gasteiger partial charge in [0.2, 0.25) is 5.82 Å². The molecule has 0 saturated heterocycles. The summed E-state index contributed by atoms with van der Waals surface area (Å²) in [6.45, 7) is 1.73. The van der Waals surface area contributed by atoms with Gasteiger partial charge < -0.3 is 15.5 Å². The van der Waals surface area contributed by atoms with Crippen LogP contribution in [0.15, 0.2) is 12.3 Å². The molecule has 0 saturated carbocycles. The molecule has 2 aromatic heterocycles. The van der Waals surface area contributed by atoms with Crippen molar-refractivity contribution in [3.8, 4) is 0 Å². The van der Waals surface area contributed by atoms with Gasteiger partial charge in [-0.1, -0.05) is 0 Å². The normalized spacial score (nSPS) is 12.0. The molecule has 3 N–H and O–H groups in total. The van der Waals surface area contributed by atoms with Crippen LogP contribution in [0.2, 0.25) is 0 Å². The van der Waals surface area contributed by atoms with Crippen molar-refractivity contribution in [2.24, 2.45) is 0 Å². The van der Waals surface area contributed by atoms with Crippen LogP contribution in [0.25, 0.3) is 5.78 Å². The lowest BCUT2D eigenvalue weighted by Crippen LogP contribution is -2.42. The van der Waals surface area contributed by atoms with Crippen molar-refractivity contribution < 1.29 is 24.6 Å². The van der Waals surface area contributed by atoms with E-state index in [9.17, 15) is 14.4 Å². The van der Waals surface area contributed by atoms with Crippen LogP contribution in [0.5, 0.6) is 0 Å². The minimum absolute atomic E-state index is 0.185. The molecule has 1 atom stereocenters. The van der Waals surface area contributed by atoms with E-state index < -0.39 is 30.3 Å². The summed E-state index contributed by atoms with van der Waals surface area (Å²) < 4.78 is 1.32. The van der Waals surface area contributed by atoms with Crippen molar-refractivity contribution in [2.45, 2.75) is 19.4 Å². The second-order valence-electron chi connectivity index (χ2n) is 4.20. The van der Waals surface area contributed by atoms with Gasteiger partial charge in [0, 0.05) is 11.9 Å². The Morgan fingerprint density at radius 2 is 2.10 bits per heavy atom. The number of carbonyl (C=O) groups is 3. The fourth-order valence-corrected chi connectivity index (χ4v) is 1.60. The minimum Gasteiger partial charge on any atom is -0.481 e. The molecule has 0 spiro atoms. The Hall–Kier alpha value is -3.04. The first-order valence-corrected chi connectivity index (χ1v) is 5.82. The van der Waals surface area contributed by atoms with Crippen molar-refractivity contribution >= 4 is 23.6 Å². The second kappa shape index (κ2) is 5.53. The number of carboxylic acids is 2. The van der Waals surface area contributed by atoms with Crippen LogP contribution in [-0.2, 0) is 9.59 Å². The van der Waals surface area contributed by atoms with E-state index in [1.807, 2.05) is 0 Å². The zero-order valence-corrected chi connectivity index (χ0v) is 10.8. The minimum atomic E-state index is -1.56. The molecule has 0 unspecified atom stereocenters. The number of aromatic nitrogens is 4. The molecule has 2 aromatic rings. The third kappa shape index (κ3) is 3.11. The lowest BCUT2D eigenvalue weighted by atomic mass is 10.2. The number of hydrogen-bond donors (Lipinski definition) is 3. The highest BCUT2D eigenvalue weighted by Crippen LogP contribution is 2.03. The number of carbonyl (C=O) groups excluding carboxylic acids is 1. The standard InChI is InChI=1S/C11H11N5O5/c1-5-2-3-12-11-14-8(15-16(5)11)9(19)13-6(10(20)21)4-7(17)18/h2-3,6H,4H2,1H3,(H,13,19)(H,17,18)(H,20,21)/t6-/m0/s1. The smallest absolute Gasteiger partial charge is 0.326 e. The fraction of sp³-hybridized carbons (Fsp3) is 0.273. The van der Waals surface area contributed by atoms with Crippen LogP contribution < -0.4 is 5.32 Å². The predicted molar refractivity (Wildman–Crippen MR) is 66.7 cm³/mol. The summed E-state index contributed by atoms with van der Waals surface area (Å²) in [4.78, 5) is 41.1. The van der Waals surface area contributed by atoms with Gasteiger partial charge in [-0.3, -0.25) is 9.59 Å². The van der Waals surface area contributed by atoms with Crippen LogP contribution in [0.4, 0.5) is 0 Å². The fourth-order valence-electron chi connectivity index (χ4n) is 1.60. The largest absolute Gasteiger partial charge is 0.481 e. The number of fused-ring (bicyclic) bond motifs is 1. The quantitative estimate of drug-likeness (QED) is 0.642. The van der Waals surface area contributed by atoms with E-state index in [0.29, 0.717) is 5.69 Å². The van der Waals surface area contributed by atoms with Gasteiger partial charge in [-0.25, -0.2) is 14.3 Å². The molecule has 0 aliphatic rings. The number of nitrogens with one attached hydrogen (secondary N) is 1. The summed E-state index contributed by atoms with van der Waals surface area (Å²) in [6.07, 6.45) is 0.747. The number of aryl methyl sites for hydroxylation is 1. The lowest BCUT2D eigenvalue weighted by molar-refractivity contribution is -0.145. The topological polar surface area (TPSA) is 147 Å². The molecule has 10 nitrogen and oxygen atoms in total. The van der Waals surface area contributed by atoms with Gasteiger partial charge in [-0.05, 0) is 13.0 Å². The highest BCUT2D eigenvalue weighted by atomic mass is 16.4. The molecule has 0 radical (unpaired) electrons. The average Bonchev–Trinajstić information content (AvgIpc) is 2.82. The van der Waals surface area contributed by atoms with Gasteiger partial charge in [-0.2, -0.15) is 4.98 Å². The number of hydrogen-bond acceptors (Lipinski definition) is 6. The molecule has 2 heterocycles. The Morgan fingerprint density at radius 3 is 2.67 bits per heavy atom. The van der Waals surface area contributed by atoms with Crippen LogP contribution in [-0.4, -0.2) is 53.7 Å². The first-order chi connectivity index (χ1) is 9.88. The zero-order chi connectivity index (χ0) is 15.6. The molecular formula is C11H11N5O5. The van der Waals surface area contributed by atoms with Gasteiger partial charge in [0.15, 0.2) is 0 Å². The summed E-state index contributed by atoms with van der Waals surface area (Å²) >= 11 is 0. The number of amides is 1. The van der Waals surface area contributed by atoms with E-state index in [-0.39, 0.29) is 11.6 Å². The van der Waals surface area contributed by atoms with E-state index in [0.717, 1.165) is 0 Å². The zero-order valence-electron chi connectivity index (χ0n) is 10.8. The molecule has 10 heteroatoms. The average molecular weight is 293 g/mol. The Bertz CT molecular complexity index is 725. The molecule has 110 valence electrons. The highest BCUT2D eigenvalue weighted by Gasteiger charge is 2.25. The summed E-state index contributed by atoms with van der Waals surface area (Å²) in [6, 6.07) is 0.101. The van der Waals surface area contributed by atoms with Crippen molar-refractivity contribution in [3.63, 3.8) is 0 Å². The Balaban J connectivity index is 2.23. The monoisotopic (exact) mass is 293 g/mol. The summed E-state index contributed by atoms with van der Waals surface area (Å²) in [5.74, 6) is -3.78. The molecular weight excluding hydrogens is 282 g/mol. The SMILES string of the molecule is Cc1ccnc2nc(C(=O)N[C@@H](CC(=O)O)C(=O)O)nn12. The summed E-state index contributed by atoms with van der Waals surface area (Å²) in [5, 5.41) is 23.4. The maximum absolute atomic E-state index is 11.9. The van der Waals surface area contributed by atoms with Crippen LogP contribution >= 0.6 is 0 Å². The molecule has 0 fully saturated rings. The third-order valence-corrected chi connectivity index (χ3v) is 2.62. The van der Waals surface area contributed by atoms with Gasteiger partial charge in [0.05, 0.1) is 6.42 Å². The molecule has 0 aromatic carbocycles. The number of aliphatic carboxylic acids is 2. The van der Waals surface area contributed by atoms with Crippen molar-refractivity contribution in [1.29, 1.82) is 0 Å². The van der Waals surface area contributed by atoms with E-state index >= 15 is 0 Å². The maximum Gasteiger partial charge on any atom is 0.326 e. The third-order valence-electron chi connectivity index (χ3n) is 2.62. The van der Waals surface area contributed by atoms with Gasteiger partial charge >= 0.3 is 11.9 Å².